The third-order valence-corrected chi connectivity index (χ3v) is 4.01. The van der Waals surface area contributed by atoms with Crippen molar-refractivity contribution in [1.82, 2.24) is 4.90 Å². The van der Waals surface area contributed by atoms with Gasteiger partial charge in [-0.2, -0.15) is 0 Å². The molecule has 0 heterocycles. The van der Waals surface area contributed by atoms with Crippen molar-refractivity contribution in [2.24, 2.45) is 5.41 Å². The monoisotopic (exact) mass is 248 g/mol. The highest BCUT2D eigenvalue weighted by Gasteiger charge is 2.47. The van der Waals surface area contributed by atoms with E-state index >= 15 is 0 Å². The van der Waals surface area contributed by atoms with E-state index < -0.39 is 0 Å². The summed E-state index contributed by atoms with van der Waals surface area (Å²) in [6.07, 6.45) is 0.662. The zero-order chi connectivity index (χ0) is 13.3. The van der Waals surface area contributed by atoms with Gasteiger partial charge in [-0.25, -0.2) is 0 Å². The van der Waals surface area contributed by atoms with E-state index in [1.54, 1.807) is 0 Å². The summed E-state index contributed by atoms with van der Waals surface area (Å²) in [6.45, 7) is 5.19. The number of benzene rings is 1. The van der Waals surface area contributed by atoms with Gasteiger partial charge in [-0.1, -0.05) is 26.0 Å². The molecule has 1 aliphatic carbocycles. The fourth-order valence-electron chi connectivity index (χ4n) is 2.42. The van der Waals surface area contributed by atoms with Crippen LogP contribution in [-0.2, 0) is 6.54 Å². The molecule has 1 aliphatic rings. The lowest BCUT2D eigenvalue weighted by atomic mass is 9.64. The van der Waals surface area contributed by atoms with E-state index in [1.165, 1.54) is 5.56 Å². The van der Waals surface area contributed by atoms with Gasteiger partial charge in [0, 0.05) is 23.7 Å². The molecule has 0 radical (unpaired) electrons. The second-order valence-electron chi connectivity index (χ2n) is 6.20. The maximum atomic E-state index is 9.72. The number of hydrogen-bond donors (Lipinski definition) is 2. The van der Waals surface area contributed by atoms with Crippen LogP contribution >= 0.6 is 0 Å². The minimum absolute atomic E-state index is 0.0255. The number of nitrogens with one attached hydrogen (secondary N) is 1. The summed E-state index contributed by atoms with van der Waals surface area (Å²) in [5, 5.41) is 13.2. The van der Waals surface area contributed by atoms with E-state index in [1.807, 2.05) is 0 Å². The lowest BCUT2D eigenvalue weighted by Gasteiger charge is -2.49. The van der Waals surface area contributed by atoms with Crippen LogP contribution in [0.15, 0.2) is 24.3 Å². The van der Waals surface area contributed by atoms with E-state index in [4.69, 9.17) is 0 Å². The van der Waals surface area contributed by atoms with Crippen molar-refractivity contribution in [3.8, 4) is 0 Å². The van der Waals surface area contributed by atoms with Gasteiger partial charge >= 0.3 is 0 Å². The predicted octanol–water partition coefficient (Wildman–Crippen LogP) is 2.32. The molecular formula is C15H24N2O. The average molecular weight is 248 g/mol. The van der Waals surface area contributed by atoms with Gasteiger partial charge in [-0.3, -0.25) is 0 Å². The molecular weight excluding hydrogens is 224 g/mol. The zero-order valence-electron chi connectivity index (χ0n) is 11.8. The minimum atomic E-state index is -0.178. The molecule has 2 atom stereocenters. The van der Waals surface area contributed by atoms with Crippen molar-refractivity contribution in [3.05, 3.63) is 29.8 Å². The topological polar surface area (TPSA) is 35.5 Å². The van der Waals surface area contributed by atoms with E-state index in [-0.39, 0.29) is 11.5 Å². The highest BCUT2D eigenvalue weighted by molar-refractivity contribution is 5.46. The van der Waals surface area contributed by atoms with Gasteiger partial charge in [0.05, 0.1) is 6.10 Å². The Labute approximate surface area is 110 Å². The molecule has 1 fully saturated rings. The molecule has 2 N–H and O–H groups in total. The summed E-state index contributed by atoms with van der Waals surface area (Å²) in [4.78, 5) is 2.16. The smallest absolute Gasteiger partial charge is 0.0630 e. The molecule has 1 saturated carbocycles. The Morgan fingerprint density at radius 3 is 2.33 bits per heavy atom. The number of aliphatic hydroxyl groups excluding tert-OH is 1. The van der Waals surface area contributed by atoms with Gasteiger partial charge in [0.15, 0.2) is 0 Å². The van der Waals surface area contributed by atoms with Crippen molar-refractivity contribution >= 4 is 5.69 Å². The van der Waals surface area contributed by atoms with Gasteiger partial charge in [0.2, 0.25) is 0 Å². The third-order valence-electron chi connectivity index (χ3n) is 4.01. The fourth-order valence-corrected chi connectivity index (χ4v) is 2.42. The maximum absolute atomic E-state index is 9.72. The van der Waals surface area contributed by atoms with Crippen molar-refractivity contribution < 1.29 is 5.11 Å². The molecule has 0 amide bonds. The fraction of sp³-hybridized carbons (Fsp3) is 0.600. The Kier molecular flexibility index (Phi) is 3.64. The summed E-state index contributed by atoms with van der Waals surface area (Å²) < 4.78 is 0. The van der Waals surface area contributed by atoms with E-state index in [9.17, 15) is 5.11 Å². The van der Waals surface area contributed by atoms with Crippen molar-refractivity contribution in [2.45, 2.75) is 39.0 Å². The molecule has 0 aromatic heterocycles. The number of aliphatic hydroxyl groups is 1. The molecule has 2 unspecified atom stereocenters. The van der Waals surface area contributed by atoms with Crippen LogP contribution in [0.3, 0.4) is 0 Å². The Bertz CT molecular complexity index is 397. The molecule has 0 bridgehead atoms. The van der Waals surface area contributed by atoms with Crippen molar-refractivity contribution in [1.29, 1.82) is 0 Å². The lowest BCUT2D eigenvalue weighted by Crippen LogP contribution is -2.56. The Morgan fingerprint density at radius 2 is 1.89 bits per heavy atom. The summed E-state index contributed by atoms with van der Waals surface area (Å²) in [6, 6.07) is 8.93. The largest absolute Gasteiger partial charge is 0.392 e. The molecule has 100 valence electrons. The van der Waals surface area contributed by atoms with Gasteiger partial charge in [-0.05, 0) is 38.2 Å². The van der Waals surface area contributed by atoms with Crippen LogP contribution in [0.4, 0.5) is 5.69 Å². The van der Waals surface area contributed by atoms with Crippen LogP contribution in [0, 0.1) is 5.41 Å². The first-order valence-electron chi connectivity index (χ1n) is 6.58. The first-order valence-corrected chi connectivity index (χ1v) is 6.58. The molecule has 1 aromatic carbocycles. The summed E-state index contributed by atoms with van der Waals surface area (Å²) in [7, 11) is 4.15. The molecule has 3 nitrogen and oxygen atoms in total. The number of hydrogen-bond acceptors (Lipinski definition) is 3. The Hall–Kier alpha value is -1.06. The summed E-state index contributed by atoms with van der Waals surface area (Å²) in [5.41, 5.74) is 2.43. The standard InChI is InChI=1S/C15H24N2O/c1-15(2)13(9-14(15)18)16-12-7-5-11(6-8-12)10-17(3)4/h5-8,13-14,16,18H,9-10H2,1-4H3. The molecule has 18 heavy (non-hydrogen) atoms. The SMILES string of the molecule is CN(C)Cc1ccc(NC2CC(O)C2(C)C)cc1. The normalized spacial score (nSPS) is 25.9. The van der Waals surface area contributed by atoms with E-state index in [2.05, 4.69) is 62.4 Å². The first kappa shape index (κ1) is 13.4. The lowest BCUT2D eigenvalue weighted by molar-refractivity contribution is -0.0510. The number of anilines is 1. The second kappa shape index (κ2) is 4.90. The molecule has 3 heteroatoms. The van der Waals surface area contributed by atoms with Gasteiger partial charge in [0.25, 0.3) is 0 Å². The summed E-state index contributed by atoms with van der Waals surface area (Å²) >= 11 is 0. The third kappa shape index (κ3) is 2.68. The van der Waals surface area contributed by atoms with Crippen LogP contribution in [0.5, 0.6) is 0 Å². The Morgan fingerprint density at radius 1 is 1.28 bits per heavy atom. The van der Waals surface area contributed by atoms with Gasteiger partial charge in [-0.15, -0.1) is 0 Å². The van der Waals surface area contributed by atoms with Crippen LogP contribution in [0.2, 0.25) is 0 Å². The van der Waals surface area contributed by atoms with E-state index in [0.29, 0.717) is 6.04 Å². The number of nitrogens with zero attached hydrogens (tertiary/aromatic N) is 1. The Balaban J connectivity index is 1.95. The minimum Gasteiger partial charge on any atom is -0.392 e. The van der Waals surface area contributed by atoms with Crippen LogP contribution < -0.4 is 5.32 Å². The molecule has 0 saturated heterocycles. The maximum Gasteiger partial charge on any atom is 0.0630 e. The highest BCUT2D eigenvalue weighted by Crippen LogP contribution is 2.42. The second-order valence-corrected chi connectivity index (χ2v) is 6.20. The predicted molar refractivity (Wildman–Crippen MR) is 75.6 cm³/mol. The zero-order valence-corrected chi connectivity index (χ0v) is 11.8. The average Bonchev–Trinajstić information content (AvgIpc) is 2.30. The van der Waals surface area contributed by atoms with Gasteiger partial charge < -0.3 is 15.3 Å². The highest BCUT2D eigenvalue weighted by atomic mass is 16.3. The van der Waals surface area contributed by atoms with Gasteiger partial charge in [0.1, 0.15) is 0 Å². The molecule has 0 aliphatic heterocycles. The van der Waals surface area contributed by atoms with Crippen LogP contribution in [0.1, 0.15) is 25.8 Å². The molecule has 2 rings (SSSR count). The molecule has 0 spiro atoms. The van der Waals surface area contributed by atoms with Crippen LogP contribution in [0.25, 0.3) is 0 Å². The summed E-state index contributed by atoms with van der Waals surface area (Å²) in [5.74, 6) is 0. The van der Waals surface area contributed by atoms with Crippen molar-refractivity contribution in [3.63, 3.8) is 0 Å². The molecule has 1 aromatic rings. The first-order chi connectivity index (χ1) is 8.39. The van der Waals surface area contributed by atoms with E-state index in [0.717, 1.165) is 18.7 Å². The van der Waals surface area contributed by atoms with Crippen molar-refractivity contribution in [2.75, 3.05) is 19.4 Å². The van der Waals surface area contributed by atoms with Crippen LogP contribution in [-0.4, -0.2) is 36.2 Å². The quantitative estimate of drug-likeness (QED) is 0.858. The number of rotatable bonds is 4.